The Morgan fingerprint density at radius 3 is 0.842 bits per heavy atom. The summed E-state index contributed by atoms with van der Waals surface area (Å²) in [6.07, 6.45) is -2.72. The molecular weight excluding hydrogens is 779 g/mol. The van der Waals surface area contributed by atoms with Crippen molar-refractivity contribution in [2.45, 2.75) is 18.4 Å². The molecule has 0 saturated carbocycles. The van der Waals surface area contributed by atoms with Gasteiger partial charge in [-0.15, -0.1) is 0 Å². The molecule has 0 spiro atoms. The van der Waals surface area contributed by atoms with Crippen LogP contribution in [0.15, 0.2) is 0 Å². The lowest BCUT2D eigenvalue weighted by atomic mass is 9.96. The van der Waals surface area contributed by atoms with Crippen LogP contribution in [-0.2, 0) is 14.4 Å². The third-order valence-corrected chi connectivity index (χ3v) is 3.57. The van der Waals surface area contributed by atoms with Gasteiger partial charge in [0, 0.05) is 67.7 Å². The summed E-state index contributed by atoms with van der Waals surface area (Å²) in [5.41, 5.74) is -2.97. The molecule has 0 unspecified atom stereocenters. The minimum Gasteiger partial charge on any atom is -0.550 e. The summed E-state index contributed by atoms with van der Waals surface area (Å²) >= 11 is 3.24. The number of nitrogens with zero attached hydrogens (tertiary/aromatic N) is 3. The number of likely N-dealkylation sites (N-methyl/N-ethyl adjacent to an activating group) is 3. The number of aliphatic carboxylic acids is 3. The first-order valence-electron chi connectivity index (χ1n) is 10.8. The fourth-order valence-electron chi connectivity index (χ4n) is 1.58. The van der Waals surface area contributed by atoms with Crippen molar-refractivity contribution in [3.63, 3.8) is 0 Å². The number of carboxylic acid groups (broad SMARTS) is 3. The fraction of sp³-hybridized carbons (Fsp3) is 0.857. The van der Waals surface area contributed by atoms with E-state index in [4.69, 9.17) is 20.4 Å². The molecule has 0 saturated heterocycles. The summed E-state index contributed by atoms with van der Waals surface area (Å²) in [6, 6.07) is 0. The Kier molecular flexibility index (Phi) is 38.5. The third-order valence-electron chi connectivity index (χ3n) is 3.57. The summed E-state index contributed by atoms with van der Waals surface area (Å²) < 4.78 is 2.53. The average molecular weight is 826 g/mol. The lowest BCUT2D eigenvalue weighted by Gasteiger charge is -2.29. The lowest BCUT2D eigenvalue weighted by molar-refractivity contribution is -0.870. The average Bonchev–Trinajstić information content (AvgIpc) is 2.68. The van der Waals surface area contributed by atoms with Gasteiger partial charge in [0.05, 0.1) is 89.2 Å². The van der Waals surface area contributed by atoms with Gasteiger partial charge < -0.3 is 63.6 Å². The molecule has 38 heavy (non-hydrogen) atoms. The van der Waals surface area contributed by atoms with Crippen LogP contribution in [0.1, 0.15) is 12.8 Å². The van der Waals surface area contributed by atoms with Crippen molar-refractivity contribution < 1.29 is 63.6 Å². The molecule has 0 amide bonds. The van der Waals surface area contributed by atoms with Crippen LogP contribution < -0.4 is 15.3 Å². The van der Waals surface area contributed by atoms with E-state index in [1.54, 1.807) is 42.9 Å². The molecular formula is C21H47Cl2I2N3O10. The van der Waals surface area contributed by atoms with Crippen molar-refractivity contribution in [1.82, 2.24) is 0 Å². The third kappa shape index (κ3) is 56.4. The molecule has 0 atom stereocenters. The van der Waals surface area contributed by atoms with E-state index in [9.17, 15) is 29.7 Å². The highest BCUT2D eigenvalue weighted by atomic mass is 127. The second-order valence-corrected chi connectivity index (χ2v) is 10.6. The Labute approximate surface area is 262 Å². The summed E-state index contributed by atoms with van der Waals surface area (Å²) in [6.45, 7) is 3.34. The van der Waals surface area contributed by atoms with E-state index in [0.717, 1.165) is 33.1 Å². The number of carbonyl (C=O) groups is 3. The number of aliphatic hydroxyl groups excluding tert-OH is 3. The van der Waals surface area contributed by atoms with E-state index < -0.39 is 36.4 Å². The van der Waals surface area contributed by atoms with Gasteiger partial charge >= 0.3 is 0 Å². The minimum absolute atomic E-state index is 0.281. The van der Waals surface area contributed by atoms with Gasteiger partial charge in [-0.2, -0.15) is 0 Å². The zero-order chi connectivity index (χ0) is 32.4. The predicted octanol–water partition coefficient (Wildman–Crippen LogP) is -3.05. The molecule has 234 valence electrons. The van der Waals surface area contributed by atoms with Crippen LogP contribution >= 0.6 is 60.7 Å². The number of carboxylic acids is 3. The Morgan fingerprint density at radius 1 is 0.605 bits per heavy atom. The van der Waals surface area contributed by atoms with Crippen LogP contribution in [0.3, 0.4) is 0 Å². The standard InChI is InChI=1S/C6H8O7.3C5H14NO.2ClI/c7-3(8)1-6(13,5(11)12)2-4(9)10;3*1-6(2,3)4-5-7;2*1-2/h13H,1-2H2,(H,7,8)(H,9,10)(H,11,12);3*7H,4-5H2,1-3H3;;/q;3*+1;;/p-3. The van der Waals surface area contributed by atoms with Crippen LogP contribution in [-0.4, -0.2) is 160 Å². The van der Waals surface area contributed by atoms with Crippen molar-refractivity contribution in [2.75, 3.05) is 103 Å². The molecule has 0 radical (unpaired) electrons. The summed E-state index contributed by atoms with van der Waals surface area (Å²) in [5, 5.41) is 64.1. The van der Waals surface area contributed by atoms with E-state index in [-0.39, 0.29) is 19.8 Å². The molecule has 0 aromatic rings. The number of hydrogen-bond acceptors (Lipinski definition) is 10. The molecule has 0 aliphatic heterocycles. The topological polar surface area (TPSA) is 201 Å². The van der Waals surface area contributed by atoms with Crippen LogP contribution in [0.4, 0.5) is 0 Å². The molecule has 0 bridgehead atoms. The van der Waals surface area contributed by atoms with E-state index in [0.29, 0.717) is 0 Å². The first-order chi connectivity index (χ1) is 17.0. The summed E-state index contributed by atoms with van der Waals surface area (Å²) in [4.78, 5) is 30.0. The monoisotopic (exact) mass is 825 g/mol. The van der Waals surface area contributed by atoms with E-state index >= 15 is 0 Å². The van der Waals surface area contributed by atoms with Gasteiger partial charge in [-0.25, -0.2) is 0 Å². The number of quaternary nitrogens is 3. The highest BCUT2D eigenvalue weighted by Gasteiger charge is 2.29. The Morgan fingerprint density at radius 2 is 0.789 bits per heavy atom. The SMILES string of the molecule is C[N+](C)(C)CCO.C[N+](C)(C)CCO.C[N+](C)(C)CCO.ClI.ClI.O=C([O-])CC(O)(CC(=O)[O-])C(=O)[O-]. The van der Waals surface area contributed by atoms with Gasteiger partial charge in [-0.1, -0.05) is 0 Å². The molecule has 0 heterocycles. The van der Waals surface area contributed by atoms with Crippen LogP contribution in [0.25, 0.3) is 0 Å². The van der Waals surface area contributed by atoms with Crippen molar-refractivity contribution in [3.8, 4) is 0 Å². The van der Waals surface area contributed by atoms with Crippen LogP contribution in [0.2, 0.25) is 0 Å². The largest absolute Gasteiger partial charge is 0.550 e. The van der Waals surface area contributed by atoms with Gasteiger partial charge in [-0.3, -0.25) is 0 Å². The lowest BCUT2D eigenvalue weighted by Crippen LogP contribution is -2.54. The minimum atomic E-state index is -2.97. The van der Waals surface area contributed by atoms with E-state index in [2.05, 4.69) is 81.2 Å². The fourth-order valence-corrected chi connectivity index (χ4v) is 1.58. The van der Waals surface area contributed by atoms with Crippen LogP contribution in [0, 0.1) is 0 Å². The van der Waals surface area contributed by atoms with Gasteiger partial charge in [0.25, 0.3) is 0 Å². The van der Waals surface area contributed by atoms with Gasteiger partial charge in [0.15, 0.2) is 0 Å². The maximum absolute atomic E-state index is 10.1. The molecule has 0 fully saturated rings. The molecule has 4 N–H and O–H groups in total. The van der Waals surface area contributed by atoms with Crippen molar-refractivity contribution in [1.29, 1.82) is 0 Å². The molecule has 13 nitrogen and oxygen atoms in total. The Balaban J connectivity index is -0.0000000893. The molecule has 0 aromatic heterocycles. The van der Waals surface area contributed by atoms with Crippen LogP contribution in [0.5, 0.6) is 0 Å². The highest BCUT2D eigenvalue weighted by molar-refractivity contribution is 14.1. The highest BCUT2D eigenvalue weighted by Crippen LogP contribution is 2.13. The number of halogens is 4. The quantitative estimate of drug-likeness (QED) is 0.123. The maximum atomic E-state index is 10.1. The summed E-state index contributed by atoms with van der Waals surface area (Å²) in [7, 11) is 27.7. The number of carbonyl (C=O) groups excluding carboxylic acids is 3. The Bertz CT molecular complexity index is 533. The molecule has 0 aromatic carbocycles. The molecule has 17 heteroatoms. The van der Waals surface area contributed by atoms with Crippen molar-refractivity contribution in [3.05, 3.63) is 0 Å². The molecule has 0 aliphatic carbocycles. The normalized spacial score (nSPS) is 10.7. The van der Waals surface area contributed by atoms with Crippen molar-refractivity contribution in [2.24, 2.45) is 0 Å². The zero-order valence-corrected chi connectivity index (χ0v) is 29.6. The second-order valence-electron chi connectivity index (χ2n) is 10.6. The first kappa shape index (κ1) is 51.0. The summed E-state index contributed by atoms with van der Waals surface area (Å²) in [5.74, 6) is -5.98. The van der Waals surface area contributed by atoms with Gasteiger partial charge in [0.2, 0.25) is 0 Å². The van der Waals surface area contributed by atoms with Gasteiger partial charge in [0.1, 0.15) is 25.2 Å². The van der Waals surface area contributed by atoms with E-state index in [1.807, 2.05) is 0 Å². The van der Waals surface area contributed by atoms with Gasteiger partial charge in [-0.05, 0) is 17.8 Å². The van der Waals surface area contributed by atoms with E-state index in [1.165, 1.54) is 0 Å². The number of aliphatic hydroxyl groups is 4. The maximum Gasteiger partial charge on any atom is 0.114 e. The number of rotatable bonds is 11. The smallest absolute Gasteiger partial charge is 0.114 e. The number of hydrogen-bond donors (Lipinski definition) is 4. The Hall–Kier alpha value is 0.170. The predicted molar refractivity (Wildman–Crippen MR) is 159 cm³/mol. The van der Waals surface area contributed by atoms with Crippen molar-refractivity contribution >= 4 is 78.7 Å². The second kappa shape index (κ2) is 28.7. The molecule has 0 rings (SSSR count). The first-order valence-corrected chi connectivity index (χ1v) is 16.3. The molecule has 0 aliphatic rings. The zero-order valence-electron chi connectivity index (χ0n) is 23.7.